The predicted molar refractivity (Wildman–Crippen MR) is 110 cm³/mol. The van der Waals surface area contributed by atoms with E-state index in [-0.39, 0.29) is 5.53 Å². The van der Waals surface area contributed by atoms with Crippen LogP contribution in [0.4, 0.5) is 25.2 Å². The first-order valence-electron chi connectivity index (χ1n) is 9.45. The molecule has 0 aromatic rings. The second-order valence-corrected chi connectivity index (χ2v) is 9.92. The summed E-state index contributed by atoms with van der Waals surface area (Å²) in [6.45, 7) is 10.3. The van der Waals surface area contributed by atoms with Crippen LogP contribution in [-0.4, -0.2) is 61.0 Å². The summed E-state index contributed by atoms with van der Waals surface area (Å²) in [6, 6.07) is 0. The molecule has 0 radical (unpaired) electrons. The Bertz CT molecular complexity index is 358. The van der Waals surface area contributed by atoms with Crippen LogP contribution in [-0.2, 0) is 0 Å². The molecule has 170 valence electrons. The topological polar surface area (TPSA) is 9.72 Å². The third-order valence-electron chi connectivity index (χ3n) is 4.38. The Balaban J connectivity index is 0. The number of rotatable bonds is 12. The Kier molecular flexibility index (Phi) is 11.9. The Morgan fingerprint density at radius 3 is 0.963 bits per heavy atom. The Hall–Kier alpha value is 0.320. The maximum absolute atomic E-state index is 10.7. The third kappa shape index (κ3) is 16.9. The molecule has 0 saturated carbocycles. The van der Waals surface area contributed by atoms with E-state index in [4.69, 9.17) is 0 Å². The van der Waals surface area contributed by atoms with Crippen LogP contribution in [0.3, 0.4) is 0 Å². The van der Waals surface area contributed by atoms with E-state index in [9.17, 15) is 25.2 Å². The van der Waals surface area contributed by atoms with E-state index in [0.717, 1.165) is 0 Å². The van der Waals surface area contributed by atoms with E-state index < -0.39 is 7.81 Å². The summed E-state index contributed by atoms with van der Waals surface area (Å²) >= 11 is 0. The number of unbranched alkanes of at least 4 members (excludes halogenated alkanes) is 3. The molecule has 0 rings (SSSR count). The first-order valence-corrected chi connectivity index (χ1v) is 12.2. The average molecular weight is 449 g/mol. The molecule has 0 heterocycles. The fraction of sp³-hybridized carbons (Fsp3) is 1.00. The van der Waals surface area contributed by atoms with Gasteiger partial charge in [0.2, 0.25) is 5.53 Å². The molecule has 0 spiro atoms. The van der Waals surface area contributed by atoms with Gasteiger partial charge in [0.1, 0.15) is 0 Å². The summed E-state index contributed by atoms with van der Waals surface area (Å²) in [5, 5.41) is 0. The van der Waals surface area contributed by atoms with Crippen LogP contribution in [0, 0.1) is 0 Å². The van der Waals surface area contributed by atoms with Crippen LogP contribution < -0.4 is 0 Å². The van der Waals surface area contributed by atoms with Crippen molar-refractivity contribution in [2.75, 3.05) is 40.8 Å². The van der Waals surface area contributed by atoms with Crippen LogP contribution in [0.2, 0.25) is 0 Å². The summed E-state index contributed by atoms with van der Waals surface area (Å²) in [4.78, 5) is 7.63. The van der Waals surface area contributed by atoms with Gasteiger partial charge in [-0.3, -0.25) is 0 Å². The van der Waals surface area contributed by atoms with E-state index in [1.165, 1.54) is 58.2 Å². The zero-order valence-corrected chi connectivity index (χ0v) is 19.9. The van der Waals surface area contributed by atoms with Gasteiger partial charge in [-0.2, -0.15) is 0 Å². The Morgan fingerprint density at radius 2 is 0.815 bits per heavy atom. The quantitative estimate of drug-likeness (QED) is 0.185. The van der Waals surface area contributed by atoms with Crippen molar-refractivity contribution in [2.24, 2.45) is 0 Å². The molecule has 27 heavy (non-hydrogen) atoms. The number of nitrogens with zero attached hydrogens (tertiary/aromatic N) is 3. The molecule has 0 N–H and O–H groups in total. The zero-order chi connectivity index (χ0) is 22.0. The van der Waals surface area contributed by atoms with E-state index in [1.54, 1.807) is 0 Å². The summed E-state index contributed by atoms with van der Waals surface area (Å²) in [6.07, 6.45) is 7.63. The number of hydrogen-bond acceptors (Lipinski definition) is 3. The van der Waals surface area contributed by atoms with Crippen molar-refractivity contribution in [3.05, 3.63) is 0 Å². The standard InChI is InChI=1S/C16H38N3P.F6P/c1-7-10-13-17(4)16(20,18(5)14-11-8-2)19(6)15-12-9-3;1-7(2,3,4,5)6/h7-15,20H2,1-6H3;/q;-1/p+1. The molecule has 0 saturated heterocycles. The van der Waals surface area contributed by atoms with Gasteiger partial charge in [0.15, 0.2) is 0 Å². The van der Waals surface area contributed by atoms with Crippen molar-refractivity contribution in [3.8, 4) is 0 Å². The van der Waals surface area contributed by atoms with Crippen molar-refractivity contribution in [1.82, 2.24) is 14.7 Å². The minimum absolute atomic E-state index is 0.0551. The monoisotopic (exact) mass is 449 g/mol. The summed E-state index contributed by atoms with van der Waals surface area (Å²) in [7, 11) is -1.67. The van der Waals surface area contributed by atoms with Gasteiger partial charge in [0, 0.05) is 28.9 Å². The first-order chi connectivity index (χ1) is 11.9. The van der Waals surface area contributed by atoms with Crippen LogP contribution in [0.25, 0.3) is 0 Å². The van der Waals surface area contributed by atoms with Gasteiger partial charge >= 0.3 is 33.0 Å². The van der Waals surface area contributed by atoms with Crippen molar-refractivity contribution >= 4 is 17.0 Å². The molecular formula is C16H39F6N3P2. The summed E-state index contributed by atoms with van der Waals surface area (Å²) in [5.74, 6) is 0. The molecule has 1 unspecified atom stereocenters. The minimum atomic E-state index is -10.7. The second-order valence-electron chi connectivity index (χ2n) is 7.06. The van der Waals surface area contributed by atoms with E-state index in [0.29, 0.717) is 0 Å². The molecule has 0 aromatic heterocycles. The average Bonchev–Trinajstić information content (AvgIpc) is 2.51. The van der Waals surface area contributed by atoms with Gasteiger partial charge in [-0.15, -0.1) is 0 Å². The summed E-state index contributed by atoms with van der Waals surface area (Å²) in [5.41, 5.74) is 0.0551. The molecule has 0 bridgehead atoms. The molecule has 0 aliphatic carbocycles. The van der Waals surface area contributed by atoms with Gasteiger partial charge in [-0.1, -0.05) is 40.0 Å². The van der Waals surface area contributed by atoms with Crippen molar-refractivity contribution < 1.29 is 25.2 Å². The predicted octanol–water partition coefficient (Wildman–Crippen LogP) is 6.78. The van der Waals surface area contributed by atoms with Gasteiger partial charge in [0.05, 0.1) is 0 Å². The van der Waals surface area contributed by atoms with Gasteiger partial charge < -0.3 is 0 Å². The van der Waals surface area contributed by atoms with Gasteiger partial charge in [-0.25, -0.2) is 14.7 Å². The molecule has 1 atom stereocenters. The van der Waals surface area contributed by atoms with Crippen LogP contribution in [0.5, 0.6) is 0 Å². The summed E-state index contributed by atoms with van der Waals surface area (Å²) < 4.78 is 59.2. The van der Waals surface area contributed by atoms with E-state index >= 15 is 0 Å². The number of hydrogen-bond donors (Lipinski definition) is 0. The van der Waals surface area contributed by atoms with Crippen molar-refractivity contribution in [3.63, 3.8) is 0 Å². The first kappa shape index (κ1) is 29.5. The fourth-order valence-corrected chi connectivity index (χ4v) is 3.07. The molecule has 0 fully saturated rings. The fourth-order valence-electron chi connectivity index (χ4n) is 2.60. The van der Waals surface area contributed by atoms with E-state index in [2.05, 4.69) is 65.9 Å². The molecule has 11 heteroatoms. The molecule has 0 aliphatic rings. The second kappa shape index (κ2) is 10.9. The van der Waals surface area contributed by atoms with Gasteiger partial charge in [0.25, 0.3) is 0 Å². The Morgan fingerprint density at radius 1 is 0.630 bits per heavy atom. The zero-order valence-electron chi connectivity index (χ0n) is 17.6. The molecule has 0 amide bonds. The van der Waals surface area contributed by atoms with Crippen molar-refractivity contribution in [2.45, 2.75) is 64.8 Å². The Labute approximate surface area is 163 Å². The van der Waals surface area contributed by atoms with Crippen LogP contribution in [0.15, 0.2) is 0 Å². The SMILES string of the molecule is CCCCN(C)C([PH3+])(N(C)CCCC)N(C)CCCC.F[P-](F)(F)(F)(F)F. The number of halogens is 6. The van der Waals surface area contributed by atoms with E-state index in [1.807, 2.05) is 0 Å². The third-order valence-corrected chi connectivity index (χ3v) is 5.99. The van der Waals surface area contributed by atoms with Crippen molar-refractivity contribution in [1.29, 1.82) is 0 Å². The van der Waals surface area contributed by atoms with Crippen LogP contribution >= 0.6 is 17.0 Å². The normalized spacial score (nSPS) is 15.7. The molecule has 3 nitrogen and oxygen atoms in total. The van der Waals surface area contributed by atoms with Crippen LogP contribution in [0.1, 0.15) is 59.3 Å². The van der Waals surface area contributed by atoms with Gasteiger partial charge in [-0.05, 0) is 40.4 Å². The molecular weight excluding hydrogens is 410 g/mol. The maximum atomic E-state index is 9.87. The molecule has 0 aliphatic heterocycles. The molecule has 0 aromatic carbocycles.